The summed E-state index contributed by atoms with van der Waals surface area (Å²) in [5, 5.41) is 0. The Kier molecular flexibility index (Phi) is 5.98. The maximum Gasteiger partial charge on any atom is 0.126 e. The molecule has 2 nitrogen and oxygen atoms in total. The second-order valence-electron chi connectivity index (χ2n) is 2.27. The fraction of sp³-hybridized carbons (Fsp3) is 0.100. The van der Waals surface area contributed by atoms with Crippen molar-refractivity contribution in [1.82, 2.24) is 0 Å². The van der Waals surface area contributed by atoms with Gasteiger partial charge in [-0.05, 0) is 0 Å². The highest BCUT2D eigenvalue weighted by Gasteiger charge is 1.93. The van der Waals surface area contributed by atoms with Crippen molar-refractivity contribution in [3.05, 3.63) is 35.9 Å². The molecule has 0 radical (unpaired) electrons. The number of nitrogens with two attached hydrogens (primary N) is 1. The van der Waals surface area contributed by atoms with Crippen LogP contribution in [0.25, 0.3) is 0 Å². The molecule has 13 heavy (non-hydrogen) atoms. The first-order valence-corrected chi connectivity index (χ1v) is 3.63. The molecule has 0 spiro atoms. The highest BCUT2D eigenvalue weighted by Crippen LogP contribution is 1.96. The first-order valence-electron chi connectivity index (χ1n) is 3.63. The summed E-state index contributed by atoms with van der Waals surface area (Å²) in [5.41, 5.74) is 6.55. The highest BCUT2D eigenvalue weighted by atomic mass is 127. The van der Waals surface area contributed by atoms with Gasteiger partial charge in [-0.2, -0.15) is 0 Å². The molecule has 0 fully saturated rings. The molecule has 1 rings (SSSR count). The number of halogens is 1. The second kappa shape index (κ2) is 6.49. The van der Waals surface area contributed by atoms with Gasteiger partial charge in [0, 0.05) is 5.56 Å². The van der Waals surface area contributed by atoms with Gasteiger partial charge in [-0.1, -0.05) is 36.3 Å². The Hall–Kier alpha value is -1.02. The molecule has 68 valence electrons. The van der Waals surface area contributed by atoms with Gasteiger partial charge in [0.25, 0.3) is 0 Å². The number of aliphatic imine (C=N–C) groups is 1. The van der Waals surface area contributed by atoms with Gasteiger partial charge in [0.1, 0.15) is 12.4 Å². The molecular weight excluding hydrogens is 275 g/mol. The third-order valence-electron chi connectivity index (χ3n) is 1.41. The predicted octanol–water partition coefficient (Wildman–Crippen LogP) is 1.64. The van der Waals surface area contributed by atoms with E-state index in [9.17, 15) is 0 Å². The Bertz CT molecular complexity index is 311. The maximum atomic E-state index is 5.64. The standard InChI is InChI=1S/C10H10N2.HI/c1-2-8-12-10(11)9-6-4-3-5-7-9;/h1,3-7H,8H2,(H2,11,12);1H. The third kappa shape index (κ3) is 3.95. The van der Waals surface area contributed by atoms with Crippen LogP contribution in [-0.4, -0.2) is 12.4 Å². The molecule has 0 heterocycles. The molecule has 0 saturated carbocycles. The fourth-order valence-corrected chi connectivity index (χ4v) is 0.831. The molecule has 0 aliphatic rings. The molecule has 0 amide bonds. The third-order valence-corrected chi connectivity index (χ3v) is 1.41. The van der Waals surface area contributed by atoms with Crippen molar-refractivity contribution in [3.8, 4) is 12.3 Å². The van der Waals surface area contributed by atoms with Crippen LogP contribution in [0, 0.1) is 12.3 Å². The SMILES string of the molecule is C#CCN=C(N)c1ccccc1.I. The van der Waals surface area contributed by atoms with Crippen LogP contribution < -0.4 is 5.73 Å². The van der Waals surface area contributed by atoms with Crippen molar-refractivity contribution in [2.45, 2.75) is 0 Å². The van der Waals surface area contributed by atoms with Crippen molar-refractivity contribution in [2.24, 2.45) is 10.7 Å². The maximum absolute atomic E-state index is 5.64. The average Bonchev–Trinajstić information content (AvgIpc) is 2.15. The monoisotopic (exact) mass is 286 g/mol. The lowest BCUT2D eigenvalue weighted by atomic mass is 10.2. The smallest absolute Gasteiger partial charge is 0.126 e. The number of hydrogen-bond donors (Lipinski definition) is 1. The minimum Gasteiger partial charge on any atom is -0.383 e. The number of nitrogens with zero attached hydrogens (tertiary/aromatic N) is 1. The quantitative estimate of drug-likeness (QED) is 0.382. The summed E-state index contributed by atoms with van der Waals surface area (Å²) < 4.78 is 0. The van der Waals surface area contributed by atoms with E-state index in [4.69, 9.17) is 12.2 Å². The number of benzene rings is 1. The van der Waals surface area contributed by atoms with Crippen LogP contribution in [0.3, 0.4) is 0 Å². The van der Waals surface area contributed by atoms with Crippen molar-refractivity contribution in [2.75, 3.05) is 6.54 Å². The van der Waals surface area contributed by atoms with E-state index in [-0.39, 0.29) is 24.0 Å². The fourth-order valence-electron chi connectivity index (χ4n) is 0.831. The van der Waals surface area contributed by atoms with Crippen molar-refractivity contribution < 1.29 is 0 Å². The van der Waals surface area contributed by atoms with E-state index < -0.39 is 0 Å². The molecule has 3 heteroatoms. The van der Waals surface area contributed by atoms with Crippen LogP contribution in [0.5, 0.6) is 0 Å². The van der Waals surface area contributed by atoms with Gasteiger partial charge >= 0.3 is 0 Å². The number of rotatable bonds is 2. The van der Waals surface area contributed by atoms with E-state index in [1.165, 1.54) is 0 Å². The molecule has 0 aromatic heterocycles. The van der Waals surface area contributed by atoms with Crippen molar-refractivity contribution >= 4 is 29.8 Å². The molecule has 2 N–H and O–H groups in total. The largest absolute Gasteiger partial charge is 0.383 e. The van der Waals surface area contributed by atoms with Crippen molar-refractivity contribution in [1.29, 1.82) is 0 Å². The highest BCUT2D eigenvalue weighted by molar-refractivity contribution is 14.0. The summed E-state index contributed by atoms with van der Waals surface area (Å²) >= 11 is 0. The zero-order valence-electron chi connectivity index (χ0n) is 7.10. The van der Waals surface area contributed by atoms with Gasteiger partial charge in [0.15, 0.2) is 0 Å². The van der Waals surface area contributed by atoms with Crippen LogP contribution in [0.4, 0.5) is 0 Å². The van der Waals surface area contributed by atoms with Gasteiger partial charge in [-0.3, -0.25) is 4.99 Å². The lowest BCUT2D eigenvalue weighted by Crippen LogP contribution is -2.13. The minimum absolute atomic E-state index is 0. The molecular formula is C10H11IN2. The van der Waals surface area contributed by atoms with E-state index in [1.54, 1.807) is 0 Å². The molecule has 0 unspecified atom stereocenters. The number of amidine groups is 1. The Labute approximate surface area is 95.3 Å². The summed E-state index contributed by atoms with van der Waals surface area (Å²) in [6.45, 7) is 0.334. The number of terminal acetylenes is 1. The summed E-state index contributed by atoms with van der Waals surface area (Å²) in [5.74, 6) is 2.89. The topological polar surface area (TPSA) is 38.4 Å². The Morgan fingerprint density at radius 1 is 1.38 bits per heavy atom. The second-order valence-corrected chi connectivity index (χ2v) is 2.27. The van der Waals surface area contributed by atoms with Gasteiger partial charge in [0.05, 0.1) is 0 Å². The molecule has 0 aliphatic heterocycles. The van der Waals surface area contributed by atoms with Gasteiger partial charge in [-0.15, -0.1) is 30.4 Å². The van der Waals surface area contributed by atoms with Crippen LogP contribution in [0.1, 0.15) is 5.56 Å². The van der Waals surface area contributed by atoms with E-state index in [0.717, 1.165) is 5.56 Å². The summed E-state index contributed by atoms with van der Waals surface area (Å²) in [4.78, 5) is 3.97. The zero-order chi connectivity index (χ0) is 8.81. The first-order chi connectivity index (χ1) is 5.84. The van der Waals surface area contributed by atoms with E-state index in [0.29, 0.717) is 12.4 Å². The molecule has 1 aromatic carbocycles. The van der Waals surface area contributed by atoms with Gasteiger partial charge in [0.2, 0.25) is 0 Å². The average molecular weight is 286 g/mol. The molecule has 0 saturated heterocycles. The van der Waals surface area contributed by atoms with Gasteiger partial charge in [-0.25, -0.2) is 0 Å². The summed E-state index contributed by atoms with van der Waals surface area (Å²) in [6, 6.07) is 9.55. The lowest BCUT2D eigenvalue weighted by molar-refractivity contribution is 1.26. The Morgan fingerprint density at radius 3 is 2.54 bits per heavy atom. The molecule has 0 aliphatic carbocycles. The minimum atomic E-state index is 0. The van der Waals surface area contributed by atoms with Gasteiger partial charge < -0.3 is 5.73 Å². The van der Waals surface area contributed by atoms with Crippen LogP contribution >= 0.6 is 24.0 Å². The summed E-state index contributed by atoms with van der Waals surface area (Å²) in [6.07, 6.45) is 5.04. The molecule has 1 aromatic rings. The molecule has 0 bridgehead atoms. The number of hydrogen-bond acceptors (Lipinski definition) is 1. The Balaban J connectivity index is 0.00000144. The van der Waals surface area contributed by atoms with Crippen LogP contribution in [0.15, 0.2) is 35.3 Å². The van der Waals surface area contributed by atoms with Crippen LogP contribution in [-0.2, 0) is 0 Å². The summed E-state index contributed by atoms with van der Waals surface area (Å²) in [7, 11) is 0. The van der Waals surface area contributed by atoms with Crippen LogP contribution in [0.2, 0.25) is 0 Å². The molecule has 0 atom stereocenters. The first kappa shape index (κ1) is 12.0. The normalized spacial score (nSPS) is 9.92. The van der Waals surface area contributed by atoms with Crippen molar-refractivity contribution in [3.63, 3.8) is 0 Å². The predicted molar refractivity (Wildman–Crippen MR) is 66.3 cm³/mol. The Morgan fingerprint density at radius 2 is 2.00 bits per heavy atom. The van der Waals surface area contributed by atoms with E-state index >= 15 is 0 Å². The lowest BCUT2D eigenvalue weighted by Gasteiger charge is -1.97. The zero-order valence-corrected chi connectivity index (χ0v) is 9.43. The van der Waals surface area contributed by atoms with E-state index in [1.807, 2.05) is 30.3 Å². The van der Waals surface area contributed by atoms with E-state index in [2.05, 4.69) is 10.9 Å².